The van der Waals surface area contributed by atoms with Gasteiger partial charge >= 0.3 is 34.1 Å². The summed E-state index contributed by atoms with van der Waals surface area (Å²) in [6, 6.07) is 5.76. The maximum absolute atomic E-state index is 14.1. The van der Waals surface area contributed by atoms with Crippen LogP contribution in [-0.4, -0.2) is 59.1 Å². The Morgan fingerprint density at radius 3 is 0.875 bits per heavy atom. The second-order valence-electron chi connectivity index (χ2n) is 10.4. The molecule has 2 aromatic carbocycles. The fourth-order valence-electron chi connectivity index (χ4n) is 4.46. The number of hydrogen-bond donors (Lipinski definition) is 0. The molecule has 4 aromatic heterocycles. The molecular formula is C26H22Cl2Cu2F4N12O10. The monoisotopic (exact) mass is 934 g/mol. The molecule has 0 amide bonds. The summed E-state index contributed by atoms with van der Waals surface area (Å²) >= 11 is 0. The van der Waals surface area contributed by atoms with E-state index in [-0.39, 0.29) is 71.4 Å². The summed E-state index contributed by atoms with van der Waals surface area (Å²) in [6.45, 7) is -0.740. The van der Waals surface area contributed by atoms with Crippen LogP contribution in [0.15, 0.2) is 87.0 Å². The Balaban J connectivity index is 0.000000439. The molecule has 0 fully saturated rings. The van der Waals surface area contributed by atoms with Crippen LogP contribution in [0, 0.1) is 43.8 Å². The van der Waals surface area contributed by atoms with Gasteiger partial charge in [0.05, 0.1) is 0 Å². The number of halogens is 6. The molecule has 4 heterocycles. The number of aromatic nitrogens is 12. The third-order valence-electron chi connectivity index (χ3n) is 6.38. The van der Waals surface area contributed by atoms with E-state index in [0.717, 1.165) is 24.3 Å². The molecule has 30 heteroatoms. The molecule has 0 atom stereocenters. The van der Waals surface area contributed by atoms with Crippen molar-refractivity contribution in [2.24, 2.45) is 0 Å². The van der Waals surface area contributed by atoms with E-state index in [2.05, 4.69) is 40.3 Å². The third-order valence-corrected chi connectivity index (χ3v) is 6.38. The molecule has 0 spiro atoms. The first kappa shape index (κ1) is 50.0. The summed E-state index contributed by atoms with van der Waals surface area (Å²) in [7, 11) is -9.89. The van der Waals surface area contributed by atoms with Crippen LogP contribution in [0.5, 0.6) is 0 Å². The van der Waals surface area contributed by atoms with Crippen molar-refractivity contribution in [1.29, 1.82) is 0 Å². The summed E-state index contributed by atoms with van der Waals surface area (Å²) in [6.07, 6.45) is 10.5. The molecule has 0 bridgehead atoms. The van der Waals surface area contributed by atoms with E-state index in [4.69, 9.17) is 37.3 Å². The van der Waals surface area contributed by atoms with Crippen molar-refractivity contribution in [2.75, 3.05) is 0 Å². The SMILES string of the molecule is [Cu+2].[Cu+2].[O-]C(Cn1cncn1)(Cn1cncn1)c1ccc(F)cc1F.[O-]C(Cn1cncn1)(Cn1cncn1)c1ccc(F)cc1F.[O-][Cl+3]([O-])([O-])[O-].[O-][Cl+3]([O-])([O-])[O-]. The van der Waals surface area contributed by atoms with E-state index < -0.39 is 55.0 Å². The zero-order valence-corrected chi connectivity index (χ0v) is 30.6. The second-order valence-corrected chi connectivity index (χ2v) is 11.9. The van der Waals surface area contributed by atoms with Crippen molar-refractivity contribution >= 4 is 0 Å². The zero-order valence-electron chi connectivity index (χ0n) is 27.2. The first-order chi connectivity index (χ1) is 25.1. The van der Waals surface area contributed by atoms with Crippen LogP contribution < -0.4 is 47.5 Å². The number of rotatable bonds is 10. The van der Waals surface area contributed by atoms with Gasteiger partial charge in [0.1, 0.15) is 73.9 Å². The average molecular weight is 937 g/mol. The first-order valence-corrected chi connectivity index (χ1v) is 16.5. The van der Waals surface area contributed by atoms with Crippen LogP contribution in [0.25, 0.3) is 0 Å². The Morgan fingerprint density at radius 1 is 0.464 bits per heavy atom. The van der Waals surface area contributed by atoms with Crippen molar-refractivity contribution in [2.45, 2.75) is 37.4 Å². The molecule has 0 unspecified atom stereocenters. The Hall–Kier alpha value is -4.06. The van der Waals surface area contributed by atoms with Gasteiger partial charge in [-0.2, -0.15) is 20.4 Å². The van der Waals surface area contributed by atoms with E-state index in [0.29, 0.717) is 12.1 Å². The average Bonchev–Trinajstić information content (AvgIpc) is 3.86. The summed E-state index contributed by atoms with van der Waals surface area (Å²) in [4.78, 5) is 15.0. The minimum Gasteiger partial charge on any atom is -0.843 e. The van der Waals surface area contributed by atoms with E-state index in [1.54, 1.807) is 0 Å². The van der Waals surface area contributed by atoms with Gasteiger partial charge in [-0.1, -0.05) is 12.1 Å². The van der Waals surface area contributed by atoms with Crippen LogP contribution in [-0.2, 0) is 71.5 Å². The largest absolute Gasteiger partial charge is 2.00 e. The van der Waals surface area contributed by atoms with Crippen LogP contribution in [0.3, 0.4) is 0 Å². The van der Waals surface area contributed by atoms with Crippen LogP contribution in [0.4, 0.5) is 17.6 Å². The summed E-state index contributed by atoms with van der Waals surface area (Å²) in [5.41, 5.74) is -4.22. The van der Waals surface area contributed by atoms with Gasteiger partial charge in [-0.15, -0.1) is 20.5 Å². The molecule has 56 heavy (non-hydrogen) atoms. The van der Waals surface area contributed by atoms with Gasteiger partial charge in [-0.3, -0.25) is 18.7 Å². The van der Waals surface area contributed by atoms with E-state index in [9.17, 15) is 27.8 Å². The van der Waals surface area contributed by atoms with Gasteiger partial charge in [-0.25, -0.2) is 74.8 Å². The Morgan fingerprint density at radius 2 is 0.696 bits per heavy atom. The Labute approximate surface area is 336 Å². The van der Waals surface area contributed by atoms with Gasteiger partial charge in [0.25, 0.3) is 0 Å². The summed E-state index contributed by atoms with van der Waals surface area (Å²) < 4.78 is 127. The standard InChI is InChI=1S/2C13H11F2N6O.2ClHO4.2Cu/c2*14-10-1-2-11(12(15)3-10)13(22,4-20-8-16-6-18-20)5-21-9-17-7-19-21;2*2-1(3,4)5;;/h2*1-3,6-9H,4-5H2;2*(H,2,3,4,5);;/q2*-1;;;2*+2/p-2. The number of nitrogens with zero attached hydrogens (tertiary/aromatic N) is 12. The van der Waals surface area contributed by atoms with Crippen LogP contribution in [0.1, 0.15) is 11.1 Å². The Kier molecular flexibility index (Phi) is 19.7. The smallest absolute Gasteiger partial charge is 0.843 e. The Bertz CT molecular complexity index is 1760. The summed E-state index contributed by atoms with van der Waals surface area (Å²) in [5, 5.41) is 41.9. The van der Waals surface area contributed by atoms with Crippen molar-refractivity contribution in [1.82, 2.24) is 59.1 Å². The first-order valence-electron chi connectivity index (χ1n) is 14.0. The third kappa shape index (κ3) is 17.8. The van der Waals surface area contributed by atoms with E-state index in [1.165, 1.54) is 69.3 Å². The van der Waals surface area contributed by atoms with Gasteiger partial charge in [0, 0.05) is 38.3 Å². The molecular weight excluding hydrogens is 914 g/mol. The van der Waals surface area contributed by atoms with Crippen LogP contribution >= 0.6 is 0 Å². The van der Waals surface area contributed by atoms with Gasteiger partial charge in [-0.05, 0) is 34.5 Å². The van der Waals surface area contributed by atoms with Gasteiger partial charge in [0.2, 0.25) is 0 Å². The topological polar surface area (TPSA) is 353 Å². The quantitative estimate of drug-likeness (QED) is 0.0909. The molecule has 0 aliphatic heterocycles. The summed E-state index contributed by atoms with van der Waals surface area (Å²) in [5.74, 6) is -3.30. The van der Waals surface area contributed by atoms with Crippen LogP contribution in [0.2, 0.25) is 0 Å². The van der Waals surface area contributed by atoms with Crippen molar-refractivity contribution in [3.63, 3.8) is 0 Å². The maximum Gasteiger partial charge on any atom is 2.00 e. The molecule has 310 valence electrons. The van der Waals surface area contributed by atoms with Crippen molar-refractivity contribution < 1.29 is 120 Å². The van der Waals surface area contributed by atoms with Gasteiger partial charge < -0.3 is 10.2 Å². The molecule has 2 radical (unpaired) electrons. The molecule has 0 aliphatic carbocycles. The molecule has 0 aliphatic rings. The van der Waals surface area contributed by atoms with Crippen molar-refractivity contribution in [3.8, 4) is 0 Å². The number of benzene rings is 2. The normalized spacial score (nSPS) is 11.4. The van der Waals surface area contributed by atoms with Crippen molar-refractivity contribution in [3.05, 3.63) is 121 Å². The predicted octanol–water partition coefficient (Wildman–Crippen LogP) is -9.31. The molecule has 0 saturated carbocycles. The predicted molar refractivity (Wildman–Crippen MR) is 136 cm³/mol. The van der Waals surface area contributed by atoms with E-state index in [1.807, 2.05) is 0 Å². The fourth-order valence-corrected chi connectivity index (χ4v) is 4.46. The minimum atomic E-state index is -4.94. The second kappa shape index (κ2) is 22.0. The molecule has 0 N–H and O–H groups in total. The molecule has 22 nitrogen and oxygen atoms in total. The molecule has 6 aromatic rings. The van der Waals surface area contributed by atoms with E-state index >= 15 is 0 Å². The zero-order chi connectivity index (χ0) is 40.2. The fraction of sp³-hybridized carbons (Fsp3) is 0.231. The molecule has 0 saturated heterocycles. The molecule has 6 rings (SSSR count). The van der Waals surface area contributed by atoms with Gasteiger partial charge in [0.15, 0.2) is 0 Å². The minimum absolute atomic E-state index is 0. The number of hydrogen-bond acceptors (Lipinski definition) is 18. The maximum atomic E-state index is 14.1.